The number of rotatable bonds is 4. The monoisotopic (exact) mass is 279 g/mol. The number of carboxylic acids is 2. The van der Waals surface area contributed by atoms with Crippen LogP contribution in [0.1, 0.15) is 12.5 Å². The zero-order valence-corrected chi connectivity index (χ0v) is 15.1. The van der Waals surface area contributed by atoms with Gasteiger partial charge in [-0.1, -0.05) is 6.07 Å². The van der Waals surface area contributed by atoms with Crippen LogP contribution >= 0.6 is 0 Å². The molecule has 1 heterocycles. The summed E-state index contributed by atoms with van der Waals surface area (Å²) in [6.07, 6.45) is 5.30. The number of pyridine rings is 1. The zero-order valence-electron chi connectivity index (χ0n) is 11.1. The Labute approximate surface area is 155 Å². The molecule has 0 bridgehead atoms. The van der Waals surface area contributed by atoms with Gasteiger partial charge in [-0.3, -0.25) is 4.98 Å². The Morgan fingerprint density at radius 3 is 2.32 bits per heavy atom. The summed E-state index contributed by atoms with van der Waals surface area (Å²) in [6.45, 7) is 1.43. The molecule has 0 radical (unpaired) electrons. The number of hydrogen-bond donors (Lipinski definition) is 2. The molecular weight excluding hydrogens is 268 g/mol. The van der Waals surface area contributed by atoms with Gasteiger partial charge in [-0.25, -0.2) is 9.59 Å². The number of nitrogens with zero attached hydrogens (tertiary/aromatic N) is 1. The molecule has 0 atom stereocenters. The van der Waals surface area contributed by atoms with Crippen molar-refractivity contribution in [3.8, 4) is 0 Å². The van der Waals surface area contributed by atoms with E-state index in [9.17, 15) is 9.59 Å². The molecule has 1 rings (SSSR count). The fraction of sp³-hybridized carbons (Fsp3) is 0.0833. The van der Waals surface area contributed by atoms with E-state index in [2.05, 4.69) is 4.98 Å². The molecule has 0 aliphatic heterocycles. The fourth-order valence-electron chi connectivity index (χ4n) is 1.24. The third-order valence-electron chi connectivity index (χ3n) is 1.99. The van der Waals surface area contributed by atoms with Crippen molar-refractivity contribution in [1.82, 2.24) is 4.98 Å². The van der Waals surface area contributed by atoms with E-state index in [4.69, 9.17) is 10.2 Å². The second-order valence-electron chi connectivity index (χ2n) is 3.32. The quantitative estimate of drug-likeness (QED) is 0.330. The van der Waals surface area contributed by atoms with Gasteiger partial charge in [-0.05, 0) is 30.2 Å². The van der Waals surface area contributed by atoms with Crippen LogP contribution in [0.15, 0.2) is 41.7 Å². The van der Waals surface area contributed by atoms with Crippen molar-refractivity contribution in [2.45, 2.75) is 6.92 Å². The van der Waals surface area contributed by atoms with Gasteiger partial charge in [0.2, 0.25) is 0 Å². The van der Waals surface area contributed by atoms with Crippen molar-refractivity contribution in [2.75, 3.05) is 0 Å². The number of hydrogen-bond acceptors (Lipinski definition) is 3. The molecule has 7 heteroatoms. The average molecular weight is 279 g/mol. The van der Waals surface area contributed by atoms with Crippen molar-refractivity contribution in [3.05, 3.63) is 47.3 Å². The predicted octanol–water partition coefficient (Wildman–Crippen LogP) is -4.41. The van der Waals surface area contributed by atoms with Gasteiger partial charge in [0, 0.05) is 18.5 Å². The number of carbonyl (C=O) groups is 2. The molecule has 0 aliphatic rings. The van der Waals surface area contributed by atoms with Gasteiger partial charge >= 0.3 is 71.1 Å². The Morgan fingerprint density at radius 1 is 1.26 bits per heavy atom. The van der Waals surface area contributed by atoms with Gasteiger partial charge in [0.25, 0.3) is 0 Å². The average Bonchev–Trinajstić information content (AvgIpc) is 2.25. The van der Waals surface area contributed by atoms with E-state index in [0.717, 1.165) is 6.08 Å². The van der Waals surface area contributed by atoms with Crippen LogP contribution in [0.4, 0.5) is 0 Å². The standard InChI is InChI=1S/C12H11NO4.2Na/c1-8(5-11(14)15)10(12(16)17)6-9-3-2-4-13-7-9;;/h2-7H,1H3,(H,14,15)(H,16,17);;/q;2*+1/b8-5+,10-6-;;. The smallest absolute Gasteiger partial charge is 0.478 e. The summed E-state index contributed by atoms with van der Waals surface area (Å²) in [5.41, 5.74) is 0.706. The summed E-state index contributed by atoms with van der Waals surface area (Å²) < 4.78 is 0. The maximum atomic E-state index is 11.0. The third-order valence-corrected chi connectivity index (χ3v) is 1.99. The van der Waals surface area contributed by atoms with Crippen LogP contribution in [-0.4, -0.2) is 27.1 Å². The Kier molecular flexibility index (Phi) is 11.4. The summed E-state index contributed by atoms with van der Waals surface area (Å²) >= 11 is 0. The van der Waals surface area contributed by atoms with E-state index in [1.807, 2.05) is 0 Å². The van der Waals surface area contributed by atoms with Gasteiger partial charge in [-0.15, -0.1) is 0 Å². The van der Waals surface area contributed by atoms with E-state index >= 15 is 0 Å². The molecule has 0 fully saturated rings. The molecule has 88 valence electrons. The molecule has 0 saturated carbocycles. The van der Waals surface area contributed by atoms with Gasteiger partial charge in [-0.2, -0.15) is 0 Å². The van der Waals surface area contributed by atoms with Crippen LogP contribution in [0.25, 0.3) is 6.08 Å². The number of carboxylic acid groups (broad SMARTS) is 2. The summed E-state index contributed by atoms with van der Waals surface area (Å²) in [5.74, 6) is -2.36. The van der Waals surface area contributed by atoms with Crippen LogP contribution in [0, 0.1) is 0 Å². The first-order chi connectivity index (χ1) is 8.00. The minimum absolute atomic E-state index is 0. The van der Waals surface area contributed by atoms with E-state index in [1.165, 1.54) is 19.2 Å². The van der Waals surface area contributed by atoms with Crippen molar-refractivity contribution in [1.29, 1.82) is 0 Å². The Bertz CT molecular complexity index is 498. The predicted molar refractivity (Wildman–Crippen MR) is 61.2 cm³/mol. The van der Waals surface area contributed by atoms with Gasteiger partial charge < -0.3 is 10.2 Å². The summed E-state index contributed by atoms with van der Waals surface area (Å²) in [5, 5.41) is 17.6. The number of aliphatic carboxylic acids is 2. The first kappa shape index (κ1) is 20.9. The molecule has 0 saturated heterocycles. The molecule has 0 aliphatic carbocycles. The zero-order chi connectivity index (χ0) is 12.8. The molecule has 0 aromatic carbocycles. The molecular formula is C12H11NNa2O4+2. The van der Waals surface area contributed by atoms with Crippen LogP contribution in [0.3, 0.4) is 0 Å². The Balaban J connectivity index is 0. The first-order valence-electron chi connectivity index (χ1n) is 4.77. The van der Waals surface area contributed by atoms with Crippen LogP contribution in [-0.2, 0) is 9.59 Å². The van der Waals surface area contributed by atoms with Gasteiger partial charge in [0.05, 0.1) is 5.57 Å². The molecule has 0 unspecified atom stereocenters. The molecule has 0 spiro atoms. The summed E-state index contributed by atoms with van der Waals surface area (Å²) in [4.78, 5) is 25.3. The first-order valence-corrected chi connectivity index (χ1v) is 4.77. The normalized spacial score (nSPS) is 11.0. The third kappa shape index (κ3) is 7.67. The molecule has 19 heavy (non-hydrogen) atoms. The maximum Gasteiger partial charge on any atom is 1.00 e. The van der Waals surface area contributed by atoms with Crippen molar-refractivity contribution in [2.24, 2.45) is 0 Å². The fourth-order valence-corrected chi connectivity index (χ4v) is 1.24. The number of aromatic nitrogens is 1. The van der Waals surface area contributed by atoms with E-state index in [-0.39, 0.29) is 70.3 Å². The maximum absolute atomic E-state index is 11.0. The second kappa shape index (κ2) is 10.4. The van der Waals surface area contributed by atoms with Crippen molar-refractivity contribution < 1.29 is 78.9 Å². The second-order valence-corrected chi connectivity index (χ2v) is 3.32. The summed E-state index contributed by atoms with van der Waals surface area (Å²) in [6, 6.07) is 3.35. The molecule has 0 amide bonds. The molecule has 5 nitrogen and oxygen atoms in total. The molecule has 2 N–H and O–H groups in total. The minimum Gasteiger partial charge on any atom is -0.478 e. The minimum atomic E-state index is -1.18. The van der Waals surface area contributed by atoms with Crippen LogP contribution in [0.2, 0.25) is 0 Å². The molecule has 1 aromatic rings. The van der Waals surface area contributed by atoms with E-state index in [1.54, 1.807) is 18.3 Å². The largest absolute Gasteiger partial charge is 1.00 e. The Hall–Kier alpha value is -0.430. The SMILES string of the molecule is CC(=C\C(=O)O)/C(=C/c1cccnc1)C(=O)O.[Na+].[Na+]. The van der Waals surface area contributed by atoms with Gasteiger partial charge in [0.1, 0.15) is 0 Å². The van der Waals surface area contributed by atoms with Crippen LogP contribution in [0.5, 0.6) is 0 Å². The Morgan fingerprint density at radius 2 is 1.89 bits per heavy atom. The van der Waals surface area contributed by atoms with Crippen LogP contribution < -0.4 is 59.1 Å². The van der Waals surface area contributed by atoms with E-state index in [0.29, 0.717) is 5.56 Å². The summed E-state index contributed by atoms with van der Waals surface area (Å²) in [7, 11) is 0. The molecule has 1 aromatic heterocycles. The topological polar surface area (TPSA) is 87.5 Å². The van der Waals surface area contributed by atoms with Crippen molar-refractivity contribution >= 4 is 18.0 Å². The van der Waals surface area contributed by atoms with Crippen molar-refractivity contribution in [3.63, 3.8) is 0 Å². The van der Waals surface area contributed by atoms with Gasteiger partial charge in [0.15, 0.2) is 0 Å². The van der Waals surface area contributed by atoms with E-state index < -0.39 is 11.9 Å².